The Morgan fingerprint density at radius 3 is 2.73 bits per heavy atom. The lowest BCUT2D eigenvalue weighted by Gasteiger charge is -2.24. The minimum absolute atomic E-state index is 0.00125. The van der Waals surface area contributed by atoms with E-state index in [1.54, 1.807) is 19.2 Å². The first-order valence-electron chi connectivity index (χ1n) is 8.49. The first-order valence-corrected chi connectivity index (χ1v) is 8.49. The monoisotopic (exact) mass is 358 g/mol. The fourth-order valence-electron chi connectivity index (χ4n) is 3.59. The summed E-state index contributed by atoms with van der Waals surface area (Å²) in [6.45, 7) is 1.69. The minimum atomic E-state index is -4.46. The number of fused-ring (bicyclic) bond motifs is 1. The van der Waals surface area contributed by atoms with Crippen LogP contribution in [-0.4, -0.2) is 19.7 Å². The Kier molecular flexibility index (Phi) is 4.01. The number of halogens is 3. The predicted octanol–water partition coefficient (Wildman–Crippen LogP) is 4.46. The quantitative estimate of drug-likeness (QED) is 0.679. The smallest absolute Gasteiger partial charge is 0.260 e. The van der Waals surface area contributed by atoms with E-state index in [0.717, 1.165) is 36.6 Å². The first kappa shape index (κ1) is 16.8. The molecule has 0 amide bonds. The molecule has 0 N–H and O–H groups in total. The number of para-hydroxylation sites is 1. The third-order valence-electron chi connectivity index (χ3n) is 4.68. The largest absolute Gasteiger partial charge is 0.418 e. The Hall–Kier alpha value is -2.70. The van der Waals surface area contributed by atoms with Gasteiger partial charge in [0.2, 0.25) is 0 Å². The van der Waals surface area contributed by atoms with Crippen molar-refractivity contribution in [1.29, 1.82) is 0 Å². The maximum absolute atomic E-state index is 13.5. The number of pyridine rings is 1. The molecule has 7 heteroatoms. The van der Waals surface area contributed by atoms with Crippen molar-refractivity contribution < 1.29 is 13.2 Å². The molecule has 134 valence electrons. The number of hydrogen-bond acceptors (Lipinski definition) is 3. The maximum atomic E-state index is 13.5. The Balaban J connectivity index is 1.89. The third-order valence-corrected chi connectivity index (χ3v) is 4.68. The molecule has 1 aromatic carbocycles. The SMILES string of the molecule is Cc1nc(C2CCCc3cccnc32)n(-c2ccccc2C(F)(F)F)n1. The van der Waals surface area contributed by atoms with Crippen molar-refractivity contribution in [2.45, 2.75) is 38.3 Å². The highest BCUT2D eigenvalue weighted by atomic mass is 19.4. The van der Waals surface area contributed by atoms with E-state index in [0.29, 0.717) is 11.6 Å². The summed E-state index contributed by atoms with van der Waals surface area (Å²) in [4.78, 5) is 8.97. The summed E-state index contributed by atoms with van der Waals surface area (Å²) in [6, 6.07) is 9.37. The average Bonchev–Trinajstić information content (AvgIpc) is 3.02. The zero-order valence-corrected chi connectivity index (χ0v) is 14.2. The molecule has 0 saturated heterocycles. The molecule has 0 radical (unpaired) electrons. The number of rotatable bonds is 2. The van der Waals surface area contributed by atoms with Crippen molar-refractivity contribution in [1.82, 2.24) is 19.7 Å². The third kappa shape index (κ3) is 2.87. The summed E-state index contributed by atoms with van der Waals surface area (Å²) >= 11 is 0. The topological polar surface area (TPSA) is 43.6 Å². The van der Waals surface area contributed by atoms with Crippen molar-refractivity contribution >= 4 is 0 Å². The van der Waals surface area contributed by atoms with Gasteiger partial charge in [-0.1, -0.05) is 18.2 Å². The molecule has 0 aliphatic heterocycles. The fraction of sp³-hybridized carbons (Fsp3) is 0.316. The molecule has 2 heterocycles. The molecule has 1 aliphatic carbocycles. The molecule has 3 aromatic rings. The maximum Gasteiger partial charge on any atom is 0.418 e. The van der Waals surface area contributed by atoms with Crippen LogP contribution < -0.4 is 0 Å². The Labute approximate surface area is 148 Å². The summed E-state index contributed by atoms with van der Waals surface area (Å²) in [5, 5.41) is 4.28. The zero-order chi connectivity index (χ0) is 18.3. The lowest BCUT2D eigenvalue weighted by atomic mass is 9.86. The molecule has 0 fully saturated rings. The van der Waals surface area contributed by atoms with E-state index in [-0.39, 0.29) is 11.6 Å². The van der Waals surface area contributed by atoms with Gasteiger partial charge in [-0.2, -0.15) is 18.3 Å². The van der Waals surface area contributed by atoms with Crippen LogP contribution in [0.4, 0.5) is 13.2 Å². The second kappa shape index (κ2) is 6.23. The van der Waals surface area contributed by atoms with E-state index < -0.39 is 11.7 Å². The molecule has 1 atom stereocenters. The molecule has 0 bridgehead atoms. The number of alkyl halides is 3. The van der Waals surface area contributed by atoms with Gasteiger partial charge in [-0.15, -0.1) is 0 Å². The molecule has 26 heavy (non-hydrogen) atoms. The van der Waals surface area contributed by atoms with Crippen LogP contribution in [-0.2, 0) is 12.6 Å². The molecule has 4 rings (SSSR count). The van der Waals surface area contributed by atoms with E-state index in [2.05, 4.69) is 15.1 Å². The van der Waals surface area contributed by atoms with Crippen molar-refractivity contribution in [3.63, 3.8) is 0 Å². The average molecular weight is 358 g/mol. The summed E-state index contributed by atoms with van der Waals surface area (Å²) in [7, 11) is 0. The second-order valence-electron chi connectivity index (χ2n) is 6.44. The molecule has 2 aromatic heterocycles. The molecule has 0 saturated carbocycles. The normalized spacial score (nSPS) is 17.2. The predicted molar refractivity (Wildman–Crippen MR) is 90.1 cm³/mol. The van der Waals surface area contributed by atoms with Crippen molar-refractivity contribution in [3.05, 3.63) is 71.1 Å². The van der Waals surface area contributed by atoms with E-state index >= 15 is 0 Å². The number of aromatic nitrogens is 4. The number of hydrogen-bond donors (Lipinski definition) is 0. The van der Waals surface area contributed by atoms with E-state index in [1.807, 2.05) is 12.1 Å². The van der Waals surface area contributed by atoms with E-state index in [9.17, 15) is 13.2 Å². The van der Waals surface area contributed by atoms with Gasteiger partial charge < -0.3 is 0 Å². The molecule has 4 nitrogen and oxygen atoms in total. The van der Waals surface area contributed by atoms with Gasteiger partial charge in [-0.05, 0) is 49.9 Å². The van der Waals surface area contributed by atoms with Gasteiger partial charge in [0.15, 0.2) is 0 Å². The fourth-order valence-corrected chi connectivity index (χ4v) is 3.59. The van der Waals surface area contributed by atoms with Crippen LogP contribution in [0.5, 0.6) is 0 Å². The summed E-state index contributed by atoms with van der Waals surface area (Å²) in [5.74, 6) is 0.793. The van der Waals surface area contributed by atoms with Crippen molar-refractivity contribution in [3.8, 4) is 5.69 Å². The van der Waals surface area contributed by atoms with E-state index in [4.69, 9.17) is 0 Å². The van der Waals surface area contributed by atoms with Gasteiger partial charge in [-0.25, -0.2) is 9.67 Å². The van der Waals surface area contributed by atoms with Crippen LogP contribution in [0.25, 0.3) is 5.69 Å². The van der Waals surface area contributed by atoms with Crippen molar-refractivity contribution in [2.24, 2.45) is 0 Å². The molecule has 0 spiro atoms. The van der Waals surface area contributed by atoms with Crippen LogP contribution in [0.15, 0.2) is 42.6 Å². The summed E-state index contributed by atoms with van der Waals surface area (Å²) < 4.78 is 41.8. The molecular weight excluding hydrogens is 341 g/mol. The van der Waals surface area contributed by atoms with Gasteiger partial charge in [0, 0.05) is 6.20 Å². The highest BCUT2D eigenvalue weighted by Gasteiger charge is 2.36. The van der Waals surface area contributed by atoms with Crippen LogP contribution in [0, 0.1) is 6.92 Å². The Morgan fingerprint density at radius 1 is 1.12 bits per heavy atom. The van der Waals surface area contributed by atoms with Crippen molar-refractivity contribution in [2.75, 3.05) is 0 Å². The van der Waals surface area contributed by atoms with E-state index in [1.165, 1.54) is 16.8 Å². The molecule has 1 unspecified atom stereocenters. The highest BCUT2D eigenvalue weighted by molar-refractivity contribution is 5.44. The van der Waals surface area contributed by atoms with Gasteiger partial charge in [0.1, 0.15) is 11.6 Å². The number of aryl methyl sites for hydroxylation is 2. The molecular formula is C19H17F3N4. The lowest BCUT2D eigenvalue weighted by molar-refractivity contribution is -0.137. The lowest BCUT2D eigenvalue weighted by Crippen LogP contribution is -2.19. The standard InChI is InChI=1S/C19H17F3N4/c1-12-24-18(14-8-4-6-13-7-5-11-23-17(13)14)26(25-12)16-10-3-2-9-15(16)19(20,21)22/h2-3,5,7,9-11,14H,4,6,8H2,1H3. The number of nitrogens with zero attached hydrogens (tertiary/aromatic N) is 4. The highest BCUT2D eigenvalue weighted by Crippen LogP contribution is 2.38. The summed E-state index contributed by atoms with van der Waals surface area (Å²) in [6.07, 6.45) is -0.0940. The van der Waals surface area contributed by atoms with Gasteiger partial charge >= 0.3 is 6.18 Å². The van der Waals surface area contributed by atoms with Crippen LogP contribution in [0.2, 0.25) is 0 Å². The Morgan fingerprint density at radius 2 is 1.92 bits per heavy atom. The van der Waals surface area contributed by atoms with Crippen LogP contribution in [0.1, 0.15) is 47.2 Å². The zero-order valence-electron chi connectivity index (χ0n) is 14.2. The Bertz CT molecular complexity index is 946. The number of benzene rings is 1. The van der Waals surface area contributed by atoms with Crippen LogP contribution >= 0.6 is 0 Å². The van der Waals surface area contributed by atoms with Gasteiger partial charge in [0.05, 0.1) is 22.9 Å². The van der Waals surface area contributed by atoms with Gasteiger partial charge in [-0.3, -0.25) is 4.98 Å². The van der Waals surface area contributed by atoms with Gasteiger partial charge in [0.25, 0.3) is 0 Å². The second-order valence-corrected chi connectivity index (χ2v) is 6.44. The van der Waals surface area contributed by atoms with Crippen LogP contribution in [0.3, 0.4) is 0 Å². The minimum Gasteiger partial charge on any atom is -0.260 e. The summed E-state index contributed by atoms with van der Waals surface area (Å²) in [5.41, 5.74) is 1.29. The first-order chi connectivity index (χ1) is 12.4. The molecule has 1 aliphatic rings.